The fourth-order valence-electron chi connectivity index (χ4n) is 4.06. The van der Waals surface area contributed by atoms with Gasteiger partial charge in [-0.2, -0.15) is 0 Å². The van der Waals surface area contributed by atoms with Crippen LogP contribution in [0.1, 0.15) is 10.4 Å². The molecule has 0 bridgehead atoms. The molecule has 0 aromatic heterocycles. The predicted octanol–water partition coefficient (Wildman–Crippen LogP) is 5.03. The molecule has 0 radical (unpaired) electrons. The third-order valence-corrected chi connectivity index (χ3v) is 7.53. The minimum atomic E-state index is -3.46. The van der Waals surface area contributed by atoms with Crippen LogP contribution in [0.2, 0.25) is 10.0 Å². The summed E-state index contributed by atoms with van der Waals surface area (Å²) in [5.74, 6) is 0.231. The number of anilines is 1. The smallest absolute Gasteiger partial charge is 0.254 e. The number of benzene rings is 3. The van der Waals surface area contributed by atoms with Gasteiger partial charge in [-0.3, -0.25) is 4.79 Å². The maximum absolute atomic E-state index is 13.6. The van der Waals surface area contributed by atoms with Gasteiger partial charge in [-0.15, -0.1) is 0 Å². The minimum Gasteiger partial charge on any atom is -0.494 e. The molecule has 1 saturated heterocycles. The van der Waals surface area contributed by atoms with E-state index in [4.69, 9.17) is 27.9 Å². The van der Waals surface area contributed by atoms with Gasteiger partial charge in [-0.05, 0) is 35.4 Å². The number of nitrogens with zero attached hydrogens (tertiary/aromatic N) is 2. The van der Waals surface area contributed by atoms with Crippen LogP contribution in [0, 0.1) is 0 Å². The monoisotopic (exact) mass is 518 g/mol. The highest BCUT2D eigenvalue weighted by molar-refractivity contribution is 7.90. The molecule has 178 valence electrons. The second-order valence-electron chi connectivity index (χ2n) is 8.07. The molecule has 6 nitrogen and oxygen atoms in total. The number of sulfone groups is 1. The van der Waals surface area contributed by atoms with Crippen molar-refractivity contribution in [2.45, 2.75) is 4.90 Å². The Morgan fingerprint density at radius 2 is 1.53 bits per heavy atom. The van der Waals surface area contributed by atoms with Gasteiger partial charge in [0.25, 0.3) is 5.91 Å². The van der Waals surface area contributed by atoms with E-state index in [9.17, 15) is 13.2 Å². The van der Waals surface area contributed by atoms with Gasteiger partial charge in [-0.25, -0.2) is 8.42 Å². The van der Waals surface area contributed by atoms with Crippen LogP contribution in [0.15, 0.2) is 65.6 Å². The van der Waals surface area contributed by atoms with E-state index >= 15 is 0 Å². The summed E-state index contributed by atoms with van der Waals surface area (Å²) in [7, 11) is -1.95. The van der Waals surface area contributed by atoms with E-state index in [2.05, 4.69) is 4.90 Å². The molecule has 1 aliphatic rings. The van der Waals surface area contributed by atoms with Crippen molar-refractivity contribution in [3.05, 3.63) is 76.3 Å². The Hall–Kier alpha value is -2.74. The molecule has 4 rings (SSSR count). The van der Waals surface area contributed by atoms with Gasteiger partial charge >= 0.3 is 0 Å². The first kappa shape index (κ1) is 24.4. The molecule has 3 aromatic carbocycles. The zero-order valence-corrected chi connectivity index (χ0v) is 21.1. The Kier molecular flexibility index (Phi) is 7.07. The number of carbonyl (C=O) groups excluding carboxylic acids is 1. The zero-order valence-electron chi connectivity index (χ0n) is 18.8. The molecular weight excluding hydrogens is 495 g/mol. The Balaban J connectivity index is 1.59. The first-order valence-electron chi connectivity index (χ1n) is 10.7. The van der Waals surface area contributed by atoms with Crippen LogP contribution in [0.3, 0.4) is 0 Å². The van der Waals surface area contributed by atoms with Crippen LogP contribution < -0.4 is 9.64 Å². The van der Waals surface area contributed by atoms with Crippen molar-refractivity contribution in [3.63, 3.8) is 0 Å². The Morgan fingerprint density at radius 3 is 2.09 bits per heavy atom. The number of halogens is 2. The molecule has 1 aliphatic heterocycles. The van der Waals surface area contributed by atoms with Crippen LogP contribution in [-0.2, 0) is 9.84 Å². The number of hydrogen-bond acceptors (Lipinski definition) is 5. The summed E-state index contributed by atoms with van der Waals surface area (Å²) in [6, 6.07) is 17.8. The lowest BCUT2D eigenvalue weighted by molar-refractivity contribution is 0.0747. The van der Waals surface area contributed by atoms with Crippen molar-refractivity contribution in [2.75, 3.05) is 44.4 Å². The fourth-order valence-corrected chi connectivity index (χ4v) is 5.34. The number of rotatable bonds is 5. The predicted molar refractivity (Wildman–Crippen MR) is 136 cm³/mol. The Morgan fingerprint density at radius 1 is 0.912 bits per heavy atom. The normalized spacial score (nSPS) is 14.2. The molecule has 0 aliphatic carbocycles. The second-order valence-corrected chi connectivity index (χ2v) is 10.9. The lowest BCUT2D eigenvalue weighted by Crippen LogP contribution is -2.49. The summed E-state index contributed by atoms with van der Waals surface area (Å²) in [5, 5.41) is 0.849. The highest BCUT2D eigenvalue weighted by Crippen LogP contribution is 2.37. The lowest BCUT2D eigenvalue weighted by Gasteiger charge is -2.36. The number of ether oxygens (including phenoxy) is 1. The van der Waals surface area contributed by atoms with Gasteiger partial charge < -0.3 is 14.5 Å². The first-order valence-corrected chi connectivity index (χ1v) is 13.3. The zero-order chi connectivity index (χ0) is 24.5. The molecule has 34 heavy (non-hydrogen) atoms. The maximum Gasteiger partial charge on any atom is 0.254 e. The van der Waals surface area contributed by atoms with Gasteiger partial charge in [0.15, 0.2) is 15.6 Å². The number of hydrogen-bond donors (Lipinski definition) is 0. The van der Waals surface area contributed by atoms with Crippen LogP contribution in [0.25, 0.3) is 11.1 Å². The summed E-state index contributed by atoms with van der Waals surface area (Å²) in [4.78, 5) is 17.5. The van der Waals surface area contributed by atoms with Crippen LogP contribution in [-0.4, -0.2) is 58.8 Å². The first-order chi connectivity index (χ1) is 16.2. The van der Waals surface area contributed by atoms with Crippen molar-refractivity contribution >= 4 is 44.6 Å². The molecule has 0 spiro atoms. The molecule has 0 atom stereocenters. The average Bonchev–Trinajstić information content (AvgIpc) is 2.83. The minimum absolute atomic E-state index is 0.122. The Bertz CT molecular complexity index is 1300. The maximum atomic E-state index is 13.6. The van der Waals surface area contributed by atoms with E-state index in [0.29, 0.717) is 53.1 Å². The van der Waals surface area contributed by atoms with Crippen LogP contribution >= 0.6 is 23.2 Å². The fraction of sp³-hybridized carbons (Fsp3) is 0.240. The van der Waals surface area contributed by atoms with E-state index in [1.54, 1.807) is 29.2 Å². The Labute approximate surface area is 209 Å². The molecule has 1 heterocycles. The van der Waals surface area contributed by atoms with Crippen molar-refractivity contribution in [1.82, 2.24) is 4.90 Å². The van der Waals surface area contributed by atoms with Crippen molar-refractivity contribution in [3.8, 4) is 16.9 Å². The summed E-state index contributed by atoms with van der Waals surface area (Å²) in [6.45, 7) is 2.10. The topological polar surface area (TPSA) is 66.9 Å². The van der Waals surface area contributed by atoms with Gasteiger partial charge in [0, 0.05) is 43.7 Å². The SMILES string of the molecule is COc1c(Cl)cc(N2CCN(C(=O)c3cc(S(C)(=O)=O)ccc3-c3ccccc3)CC2)cc1Cl. The summed E-state index contributed by atoms with van der Waals surface area (Å²) in [6.07, 6.45) is 1.14. The molecule has 1 amide bonds. The third-order valence-electron chi connectivity index (χ3n) is 5.85. The van der Waals surface area contributed by atoms with E-state index in [1.807, 2.05) is 30.3 Å². The number of methoxy groups -OCH3 is 1. The van der Waals surface area contributed by atoms with Crippen LogP contribution in [0.5, 0.6) is 5.75 Å². The third kappa shape index (κ3) is 5.02. The molecule has 9 heteroatoms. The van der Waals surface area contributed by atoms with E-state index in [0.717, 1.165) is 17.5 Å². The standard InChI is InChI=1S/C25H24Cl2N2O4S/c1-33-24-22(26)14-18(15-23(24)27)28-10-12-29(13-11-28)25(30)21-16-19(34(2,31)32)8-9-20(21)17-6-4-3-5-7-17/h3-9,14-16H,10-13H2,1-2H3. The van der Waals surface area contributed by atoms with Crippen LogP contribution in [0.4, 0.5) is 5.69 Å². The summed E-state index contributed by atoms with van der Waals surface area (Å²) >= 11 is 12.6. The summed E-state index contributed by atoms with van der Waals surface area (Å²) < 4.78 is 29.6. The molecule has 0 N–H and O–H groups in total. The van der Waals surface area contributed by atoms with Crippen molar-refractivity contribution in [1.29, 1.82) is 0 Å². The van der Waals surface area contributed by atoms with Gasteiger partial charge in [0.05, 0.1) is 22.1 Å². The van der Waals surface area contributed by atoms with E-state index in [-0.39, 0.29) is 10.8 Å². The van der Waals surface area contributed by atoms with Gasteiger partial charge in [0.2, 0.25) is 0 Å². The second kappa shape index (κ2) is 9.86. The molecular formula is C25H24Cl2N2O4S. The highest BCUT2D eigenvalue weighted by atomic mass is 35.5. The highest BCUT2D eigenvalue weighted by Gasteiger charge is 2.26. The quantitative estimate of drug-likeness (QED) is 0.473. The van der Waals surface area contributed by atoms with E-state index < -0.39 is 9.84 Å². The number of piperazine rings is 1. The van der Waals surface area contributed by atoms with E-state index in [1.165, 1.54) is 13.2 Å². The van der Waals surface area contributed by atoms with Gasteiger partial charge in [-0.1, -0.05) is 59.6 Å². The molecule has 3 aromatic rings. The molecule has 0 unspecified atom stereocenters. The number of amides is 1. The van der Waals surface area contributed by atoms with Gasteiger partial charge in [0.1, 0.15) is 0 Å². The van der Waals surface area contributed by atoms with Crippen molar-refractivity contribution in [2.24, 2.45) is 0 Å². The molecule has 0 saturated carbocycles. The summed E-state index contributed by atoms with van der Waals surface area (Å²) in [5.41, 5.74) is 2.78. The molecule has 1 fully saturated rings. The average molecular weight is 519 g/mol. The largest absolute Gasteiger partial charge is 0.494 e. The number of carbonyl (C=O) groups is 1. The van der Waals surface area contributed by atoms with Crippen molar-refractivity contribution < 1.29 is 17.9 Å². The lowest BCUT2D eigenvalue weighted by atomic mass is 9.98.